The Bertz CT molecular complexity index is 527. The molecule has 2 N–H and O–H groups in total. The largest absolute Gasteiger partial charge is 0.323 e. The van der Waals surface area contributed by atoms with Gasteiger partial charge in [-0.1, -0.05) is 33.6 Å². The van der Waals surface area contributed by atoms with Gasteiger partial charge in [-0.3, -0.25) is 0 Å². The van der Waals surface area contributed by atoms with Crippen LogP contribution in [-0.2, 0) is 6.42 Å². The smallest absolute Gasteiger partial charge is 0.0449 e. The highest BCUT2D eigenvalue weighted by Gasteiger charge is 2.13. The van der Waals surface area contributed by atoms with Crippen LogP contribution in [0.4, 0.5) is 0 Å². The fourth-order valence-electron chi connectivity index (χ4n) is 1.59. The van der Waals surface area contributed by atoms with E-state index in [0.29, 0.717) is 0 Å². The van der Waals surface area contributed by atoms with E-state index >= 15 is 0 Å². The van der Waals surface area contributed by atoms with Crippen LogP contribution in [0.1, 0.15) is 16.5 Å². The fraction of sp³-hybridized carbons (Fsp3) is 0.167. The molecule has 5 heteroatoms. The molecule has 0 radical (unpaired) electrons. The average Bonchev–Trinajstić information content (AvgIpc) is 2.68. The zero-order chi connectivity index (χ0) is 12.4. The van der Waals surface area contributed by atoms with E-state index in [4.69, 9.17) is 17.3 Å². The minimum Gasteiger partial charge on any atom is -0.323 e. The first kappa shape index (κ1) is 13.6. The quantitative estimate of drug-likeness (QED) is 0.762. The summed E-state index contributed by atoms with van der Waals surface area (Å²) in [6, 6.07) is 7.88. The predicted molar refractivity (Wildman–Crippen MR) is 81.8 cm³/mol. The molecule has 0 bridgehead atoms. The van der Waals surface area contributed by atoms with E-state index in [2.05, 4.69) is 31.9 Å². The van der Waals surface area contributed by atoms with E-state index in [1.807, 2.05) is 29.6 Å². The van der Waals surface area contributed by atoms with Crippen molar-refractivity contribution in [3.05, 3.63) is 54.1 Å². The second-order valence-corrected chi connectivity index (χ2v) is 6.80. The number of thiophene rings is 1. The monoisotopic (exact) mass is 393 g/mol. The van der Waals surface area contributed by atoms with Crippen molar-refractivity contribution in [2.45, 2.75) is 12.5 Å². The zero-order valence-corrected chi connectivity index (χ0v) is 13.5. The second-order valence-electron chi connectivity index (χ2n) is 3.68. The van der Waals surface area contributed by atoms with E-state index < -0.39 is 0 Å². The Morgan fingerprint density at radius 1 is 1.29 bits per heavy atom. The summed E-state index contributed by atoms with van der Waals surface area (Å²) in [6.07, 6.45) is 0.741. The van der Waals surface area contributed by atoms with Gasteiger partial charge in [-0.15, -0.1) is 11.3 Å². The topological polar surface area (TPSA) is 26.0 Å². The molecule has 0 spiro atoms. The lowest BCUT2D eigenvalue weighted by Gasteiger charge is -2.12. The van der Waals surface area contributed by atoms with Crippen LogP contribution in [0.2, 0.25) is 5.02 Å². The molecule has 1 nitrogen and oxygen atoms in total. The van der Waals surface area contributed by atoms with E-state index in [1.54, 1.807) is 11.3 Å². The van der Waals surface area contributed by atoms with Crippen molar-refractivity contribution in [1.82, 2.24) is 0 Å². The molecule has 2 aromatic rings. The lowest BCUT2D eigenvalue weighted by Crippen LogP contribution is -2.12. The molecule has 0 amide bonds. The molecule has 0 fully saturated rings. The van der Waals surface area contributed by atoms with Gasteiger partial charge in [0, 0.05) is 24.9 Å². The summed E-state index contributed by atoms with van der Waals surface area (Å²) < 4.78 is 2.06. The molecule has 0 aliphatic heterocycles. The highest BCUT2D eigenvalue weighted by atomic mass is 79.9. The minimum atomic E-state index is -0.0250. The number of hydrogen-bond donors (Lipinski definition) is 1. The van der Waals surface area contributed by atoms with Gasteiger partial charge < -0.3 is 5.73 Å². The van der Waals surface area contributed by atoms with Gasteiger partial charge >= 0.3 is 0 Å². The predicted octanol–water partition coefficient (Wildman–Crippen LogP) is 5.17. The molecule has 2 rings (SSSR count). The van der Waals surface area contributed by atoms with Gasteiger partial charge in [0.2, 0.25) is 0 Å². The Morgan fingerprint density at radius 2 is 2.06 bits per heavy atom. The minimum absolute atomic E-state index is 0.0250. The highest BCUT2D eigenvalue weighted by Crippen LogP contribution is 2.31. The molecular formula is C12H10Br2ClNS. The van der Waals surface area contributed by atoms with Gasteiger partial charge in [-0.05, 0) is 51.5 Å². The van der Waals surface area contributed by atoms with E-state index in [9.17, 15) is 0 Å². The van der Waals surface area contributed by atoms with Crippen LogP contribution in [0.3, 0.4) is 0 Å². The number of rotatable bonds is 3. The van der Waals surface area contributed by atoms with Crippen molar-refractivity contribution in [3.8, 4) is 0 Å². The van der Waals surface area contributed by atoms with Crippen molar-refractivity contribution in [2.24, 2.45) is 5.73 Å². The van der Waals surface area contributed by atoms with Crippen molar-refractivity contribution >= 4 is 54.8 Å². The molecule has 17 heavy (non-hydrogen) atoms. The average molecular weight is 396 g/mol. The summed E-state index contributed by atoms with van der Waals surface area (Å²) in [5, 5.41) is 2.78. The molecule has 1 aromatic heterocycles. The summed E-state index contributed by atoms with van der Waals surface area (Å²) in [5.41, 5.74) is 7.26. The maximum Gasteiger partial charge on any atom is 0.0449 e. The Labute approximate surface area is 126 Å². The third-order valence-corrected chi connectivity index (χ3v) is 5.28. The van der Waals surface area contributed by atoms with Crippen LogP contribution in [0.5, 0.6) is 0 Å². The van der Waals surface area contributed by atoms with Crippen LogP contribution in [0.15, 0.2) is 38.6 Å². The van der Waals surface area contributed by atoms with Crippen molar-refractivity contribution in [1.29, 1.82) is 0 Å². The molecule has 90 valence electrons. The first-order chi connectivity index (χ1) is 8.08. The fourth-order valence-corrected chi connectivity index (χ4v) is 4.01. The first-order valence-corrected chi connectivity index (χ1v) is 7.84. The lowest BCUT2D eigenvalue weighted by molar-refractivity contribution is 0.733. The van der Waals surface area contributed by atoms with Crippen molar-refractivity contribution in [2.75, 3.05) is 0 Å². The SMILES string of the molecule is NC(Cc1ccc(Br)cc1Cl)c1sccc1Br. The summed E-state index contributed by atoms with van der Waals surface area (Å²) >= 11 is 14.7. The molecule has 1 unspecified atom stereocenters. The van der Waals surface area contributed by atoms with Crippen LogP contribution in [-0.4, -0.2) is 0 Å². The highest BCUT2D eigenvalue weighted by molar-refractivity contribution is 9.10. The van der Waals surface area contributed by atoms with Crippen molar-refractivity contribution < 1.29 is 0 Å². The number of nitrogens with two attached hydrogens (primary N) is 1. The molecule has 0 aliphatic rings. The molecule has 0 saturated heterocycles. The van der Waals surface area contributed by atoms with Crippen LogP contribution < -0.4 is 5.73 Å². The van der Waals surface area contributed by atoms with E-state index in [1.165, 1.54) is 0 Å². The van der Waals surface area contributed by atoms with Gasteiger partial charge in [-0.2, -0.15) is 0 Å². The van der Waals surface area contributed by atoms with E-state index in [-0.39, 0.29) is 6.04 Å². The van der Waals surface area contributed by atoms with Crippen molar-refractivity contribution in [3.63, 3.8) is 0 Å². The summed E-state index contributed by atoms with van der Waals surface area (Å²) in [5.74, 6) is 0. The number of hydrogen-bond acceptors (Lipinski definition) is 2. The molecule has 1 aromatic carbocycles. The van der Waals surface area contributed by atoms with Gasteiger partial charge in [0.1, 0.15) is 0 Å². The lowest BCUT2D eigenvalue weighted by atomic mass is 10.1. The number of benzene rings is 1. The molecule has 1 atom stereocenters. The van der Waals surface area contributed by atoms with Crippen LogP contribution in [0.25, 0.3) is 0 Å². The van der Waals surface area contributed by atoms with Gasteiger partial charge in [0.15, 0.2) is 0 Å². The molecular weight excluding hydrogens is 385 g/mol. The summed E-state index contributed by atoms with van der Waals surface area (Å²) in [4.78, 5) is 1.16. The second kappa shape index (κ2) is 5.85. The molecule has 0 aliphatic carbocycles. The first-order valence-electron chi connectivity index (χ1n) is 5.00. The van der Waals surface area contributed by atoms with Crippen LogP contribution >= 0.6 is 54.8 Å². The normalized spacial score (nSPS) is 12.7. The Morgan fingerprint density at radius 3 is 2.65 bits per heavy atom. The van der Waals surface area contributed by atoms with Gasteiger partial charge in [0.25, 0.3) is 0 Å². The van der Waals surface area contributed by atoms with Crippen LogP contribution in [0, 0.1) is 0 Å². The zero-order valence-electron chi connectivity index (χ0n) is 8.79. The Balaban J connectivity index is 2.19. The third-order valence-electron chi connectivity index (χ3n) is 2.44. The Hall–Kier alpha value is 0.130. The summed E-state index contributed by atoms with van der Waals surface area (Å²) in [6.45, 7) is 0. The number of halogens is 3. The maximum atomic E-state index is 6.19. The third kappa shape index (κ3) is 3.32. The van der Waals surface area contributed by atoms with Gasteiger partial charge in [0.05, 0.1) is 0 Å². The molecule has 1 heterocycles. The van der Waals surface area contributed by atoms with Gasteiger partial charge in [-0.25, -0.2) is 0 Å². The summed E-state index contributed by atoms with van der Waals surface area (Å²) in [7, 11) is 0. The molecule has 0 saturated carbocycles. The standard InChI is InChI=1S/C12H10Br2ClNS/c13-8-2-1-7(10(15)6-8)5-11(16)12-9(14)3-4-17-12/h1-4,6,11H,5,16H2. The maximum absolute atomic E-state index is 6.19. The Kier molecular flexibility index (Phi) is 4.66. The van der Waals surface area contributed by atoms with E-state index in [0.717, 1.165) is 30.8 Å².